The van der Waals surface area contributed by atoms with Crippen LogP contribution >= 0.6 is 23.5 Å². The SMILES string of the molecule is CSC1=NN2CCCC(=O)N=C2S1. The molecule has 1 amide bonds. The lowest BCUT2D eigenvalue weighted by atomic mass is 10.3. The lowest BCUT2D eigenvalue weighted by molar-refractivity contribution is -0.117. The summed E-state index contributed by atoms with van der Waals surface area (Å²) < 4.78 is 0.966. The van der Waals surface area contributed by atoms with Crippen molar-refractivity contribution in [3.63, 3.8) is 0 Å². The van der Waals surface area contributed by atoms with Gasteiger partial charge in [0.25, 0.3) is 0 Å². The van der Waals surface area contributed by atoms with Crippen molar-refractivity contribution in [3.05, 3.63) is 0 Å². The molecule has 0 radical (unpaired) electrons. The Morgan fingerprint density at radius 2 is 2.46 bits per heavy atom. The summed E-state index contributed by atoms with van der Waals surface area (Å²) in [4.78, 5) is 15.1. The topological polar surface area (TPSA) is 45.0 Å². The predicted molar refractivity (Wildman–Crippen MR) is 56.9 cm³/mol. The summed E-state index contributed by atoms with van der Waals surface area (Å²) in [7, 11) is 0. The molecule has 6 heteroatoms. The minimum atomic E-state index is -0.0254. The zero-order valence-electron chi connectivity index (χ0n) is 7.19. The first kappa shape index (κ1) is 9.08. The van der Waals surface area contributed by atoms with E-state index in [1.807, 2.05) is 11.3 Å². The number of thioether (sulfide) groups is 2. The van der Waals surface area contributed by atoms with Gasteiger partial charge in [0.1, 0.15) is 0 Å². The third-order valence-electron chi connectivity index (χ3n) is 1.76. The molecule has 0 bridgehead atoms. The quantitative estimate of drug-likeness (QED) is 0.612. The molecule has 2 aliphatic heterocycles. The van der Waals surface area contributed by atoms with Crippen molar-refractivity contribution in [1.82, 2.24) is 5.01 Å². The molecule has 0 aromatic heterocycles. The monoisotopic (exact) mass is 215 g/mol. The van der Waals surface area contributed by atoms with Crippen molar-refractivity contribution in [2.24, 2.45) is 10.1 Å². The average Bonchev–Trinajstić information content (AvgIpc) is 2.41. The Kier molecular flexibility index (Phi) is 2.59. The van der Waals surface area contributed by atoms with Crippen molar-refractivity contribution in [2.45, 2.75) is 12.8 Å². The maximum Gasteiger partial charge on any atom is 0.248 e. The van der Waals surface area contributed by atoms with E-state index < -0.39 is 0 Å². The number of rotatable bonds is 0. The van der Waals surface area contributed by atoms with Crippen LogP contribution in [-0.2, 0) is 4.79 Å². The Morgan fingerprint density at radius 3 is 3.23 bits per heavy atom. The summed E-state index contributed by atoms with van der Waals surface area (Å²) in [5, 5.41) is 6.88. The van der Waals surface area contributed by atoms with Crippen LogP contribution in [0.25, 0.3) is 0 Å². The first-order chi connectivity index (χ1) is 6.29. The molecule has 0 saturated heterocycles. The molecule has 2 aliphatic rings. The average molecular weight is 215 g/mol. The van der Waals surface area contributed by atoms with E-state index in [0.717, 1.165) is 22.5 Å². The number of aliphatic imine (C=N–C) groups is 1. The maximum atomic E-state index is 11.1. The van der Waals surface area contributed by atoms with Gasteiger partial charge in [0.05, 0.1) is 0 Å². The number of carbonyl (C=O) groups is 1. The molecule has 0 N–H and O–H groups in total. The smallest absolute Gasteiger partial charge is 0.248 e. The van der Waals surface area contributed by atoms with Crippen LogP contribution in [0.3, 0.4) is 0 Å². The minimum Gasteiger partial charge on any atom is -0.273 e. The predicted octanol–water partition coefficient (Wildman–Crippen LogP) is 1.35. The van der Waals surface area contributed by atoms with E-state index in [4.69, 9.17) is 0 Å². The van der Waals surface area contributed by atoms with Crippen LogP contribution in [0, 0.1) is 0 Å². The Morgan fingerprint density at radius 1 is 1.62 bits per heavy atom. The molecule has 4 nitrogen and oxygen atoms in total. The zero-order valence-corrected chi connectivity index (χ0v) is 8.82. The van der Waals surface area contributed by atoms with Gasteiger partial charge in [-0.15, -0.1) is 11.8 Å². The summed E-state index contributed by atoms with van der Waals surface area (Å²) in [6, 6.07) is 0. The normalized spacial score (nSPS) is 22.2. The van der Waals surface area contributed by atoms with Crippen LogP contribution in [0.5, 0.6) is 0 Å². The number of hydrazone groups is 1. The van der Waals surface area contributed by atoms with Crippen molar-refractivity contribution in [3.8, 4) is 0 Å². The molecule has 2 heterocycles. The highest BCUT2D eigenvalue weighted by molar-refractivity contribution is 8.45. The second-order valence-corrected chi connectivity index (χ2v) is 4.70. The fraction of sp³-hybridized carbons (Fsp3) is 0.571. The molecule has 13 heavy (non-hydrogen) atoms. The Labute approximate surface area is 84.8 Å². The van der Waals surface area contributed by atoms with Crippen molar-refractivity contribution < 1.29 is 4.79 Å². The van der Waals surface area contributed by atoms with Gasteiger partial charge in [-0.1, -0.05) is 0 Å². The minimum absolute atomic E-state index is 0.0254. The van der Waals surface area contributed by atoms with Gasteiger partial charge in [-0.3, -0.25) is 4.79 Å². The van der Waals surface area contributed by atoms with E-state index in [2.05, 4.69) is 10.1 Å². The number of hydrogen-bond acceptors (Lipinski definition) is 5. The second-order valence-electron chi connectivity index (χ2n) is 2.69. The van der Waals surface area contributed by atoms with Gasteiger partial charge in [-0.2, -0.15) is 10.1 Å². The summed E-state index contributed by atoms with van der Waals surface area (Å²) >= 11 is 3.07. The molecule has 70 valence electrons. The zero-order chi connectivity index (χ0) is 9.26. The number of nitrogens with zero attached hydrogens (tertiary/aromatic N) is 3. The molecule has 2 rings (SSSR count). The molecule has 0 aromatic rings. The molecular formula is C7H9N3OS2. The van der Waals surface area contributed by atoms with Crippen molar-refractivity contribution in [2.75, 3.05) is 12.8 Å². The van der Waals surface area contributed by atoms with Gasteiger partial charge in [0.15, 0.2) is 9.54 Å². The molecule has 0 fully saturated rings. The Hall–Kier alpha value is -0.490. The van der Waals surface area contributed by atoms with Gasteiger partial charge >= 0.3 is 0 Å². The highest BCUT2D eigenvalue weighted by Gasteiger charge is 2.25. The molecule has 0 aliphatic carbocycles. The number of amidine groups is 1. The largest absolute Gasteiger partial charge is 0.273 e. The second kappa shape index (κ2) is 3.71. The highest BCUT2D eigenvalue weighted by atomic mass is 32.2. The molecular weight excluding hydrogens is 206 g/mol. The van der Waals surface area contributed by atoms with E-state index in [1.54, 1.807) is 11.8 Å². The van der Waals surface area contributed by atoms with E-state index >= 15 is 0 Å². The third-order valence-corrected chi connectivity index (χ3v) is 3.68. The van der Waals surface area contributed by atoms with E-state index in [1.165, 1.54) is 11.8 Å². The number of hydrogen-bond donors (Lipinski definition) is 0. The van der Waals surface area contributed by atoms with Gasteiger partial charge in [-0.05, 0) is 24.4 Å². The van der Waals surface area contributed by atoms with E-state index in [9.17, 15) is 4.79 Å². The summed E-state index contributed by atoms with van der Waals surface area (Å²) in [6.07, 6.45) is 3.36. The maximum absolute atomic E-state index is 11.1. The molecule has 0 saturated carbocycles. The summed E-state index contributed by atoms with van der Waals surface area (Å²) in [5.74, 6) is -0.0254. The fourth-order valence-electron chi connectivity index (χ4n) is 1.14. The molecule has 0 unspecified atom stereocenters. The lowest BCUT2D eigenvalue weighted by Gasteiger charge is -2.08. The van der Waals surface area contributed by atoms with Crippen LogP contribution < -0.4 is 0 Å². The Bertz CT molecular complexity index is 300. The standard InChI is InChI=1S/C7H9N3OS2/c1-12-7-9-10-4-2-3-5(11)8-6(10)13-7/h2-4H2,1H3. The number of carbonyl (C=O) groups excluding carboxylic acids is 1. The first-order valence-corrected chi connectivity index (χ1v) is 6.03. The van der Waals surface area contributed by atoms with E-state index in [-0.39, 0.29) is 5.91 Å². The van der Waals surface area contributed by atoms with Gasteiger partial charge in [0, 0.05) is 13.0 Å². The molecule has 0 aromatic carbocycles. The third kappa shape index (κ3) is 1.88. The summed E-state index contributed by atoms with van der Waals surface area (Å²) in [6.45, 7) is 0.807. The molecule has 0 atom stereocenters. The number of fused-ring (bicyclic) bond motifs is 1. The van der Waals surface area contributed by atoms with Gasteiger partial charge in [-0.25, -0.2) is 5.01 Å². The van der Waals surface area contributed by atoms with Crippen molar-refractivity contribution in [1.29, 1.82) is 0 Å². The number of amides is 1. The summed E-state index contributed by atoms with van der Waals surface area (Å²) in [5.41, 5.74) is 0. The van der Waals surface area contributed by atoms with Crippen LogP contribution in [0.2, 0.25) is 0 Å². The van der Waals surface area contributed by atoms with Crippen molar-refractivity contribution >= 4 is 39.0 Å². The van der Waals surface area contributed by atoms with Gasteiger partial charge < -0.3 is 0 Å². The van der Waals surface area contributed by atoms with Crippen LogP contribution in [-0.4, -0.2) is 33.3 Å². The van der Waals surface area contributed by atoms with Crippen LogP contribution in [0.15, 0.2) is 10.1 Å². The highest BCUT2D eigenvalue weighted by Crippen LogP contribution is 2.28. The Balaban J connectivity index is 2.20. The lowest BCUT2D eigenvalue weighted by Crippen LogP contribution is -2.18. The van der Waals surface area contributed by atoms with E-state index in [0.29, 0.717) is 6.42 Å². The first-order valence-electron chi connectivity index (χ1n) is 3.99. The molecule has 0 spiro atoms. The fourth-order valence-corrected chi connectivity index (χ4v) is 2.56. The van der Waals surface area contributed by atoms with Crippen LogP contribution in [0.1, 0.15) is 12.8 Å². The van der Waals surface area contributed by atoms with Crippen LogP contribution in [0.4, 0.5) is 0 Å². The van der Waals surface area contributed by atoms with Gasteiger partial charge in [0.2, 0.25) is 5.91 Å².